The van der Waals surface area contributed by atoms with Gasteiger partial charge in [-0.15, -0.1) is 0 Å². The molecule has 3 aromatic rings. The highest BCUT2D eigenvalue weighted by Crippen LogP contribution is 2.46. The van der Waals surface area contributed by atoms with Crippen LogP contribution in [0.15, 0.2) is 48.5 Å². The van der Waals surface area contributed by atoms with Gasteiger partial charge in [-0.3, -0.25) is 13.9 Å². The van der Waals surface area contributed by atoms with Gasteiger partial charge in [0.15, 0.2) is 0 Å². The Morgan fingerprint density at radius 2 is 1.94 bits per heavy atom. The van der Waals surface area contributed by atoms with Crippen molar-refractivity contribution in [3.63, 3.8) is 0 Å². The lowest BCUT2D eigenvalue weighted by Crippen LogP contribution is -2.43. The first-order valence-electron chi connectivity index (χ1n) is 9.53. The summed E-state index contributed by atoms with van der Waals surface area (Å²) in [5, 5.41) is 23.7. The predicted molar refractivity (Wildman–Crippen MR) is 118 cm³/mol. The summed E-state index contributed by atoms with van der Waals surface area (Å²) in [4.78, 5) is 17.4. The molecular formula is C22H21N3O5S. The fraction of sp³-hybridized carbons (Fsp3) is 0.227. The molecule has 8 nitrogen and oxygen atoms in total. The summed E-state index contributed by atoms with van der Waals surface area (Å²) >= 11 is 0. The number of hydrogen-bond donors (Lipinski definition) is 4. The molecule has 4 rings (SSSR count). The van der Waals surface area contributed by atoms with E-state index in [4.69, 9.17) is 4.74 Å². The van der Waals surface area contributed by atoms with Crippen LogP contribution < -0.4 is 10.1 Å². The number of aliphatic hydroxyl groups is 1. The largest absolute Gasteiger partial charge is 0.497 e. The summed E-state index contributed by atoms with van der Waals surface area (Å²) in [6.45, 7) is 0. The van der Waals surface area contributed by atoms with Crippen molar-refractivity contribution in [2.24, 2.45) is 0 Å². The second-order valence-corrected chi connectivity index (χ2v) is 9.63. The van der Waals surface area contributed by atoms with Gasteiger partial charge in [-0.05, 0) is 29.1 Å². The van der Waals surface area contributed by atoms with E-state index in [1.54, 1.807) is 18.2 Å². The van der Waals surface area contributed by atoms with Crippen molar-refractivity contribution < 1.29 is 23.7 Å². The molecule has 0 aliphatic carbocycles. The van der Waals surface area contributed by atoms with Gasteiger partial charge >= 0.3 is 0 Å². The highest BCUT2D eigenvalue weighted by atomic mass is 32.3. The van der Waals surface area contributed by atoms with E-state index in [1.165, 1.54) is 7.11 Å². The van der Waals surface area contributed by atoms with E-state index in [2.05, 4.69) is 16.4 Å². The minimum Gasteiger partial charge on any atom is -0.497 e. The Balaban J connectivity index is 1.85. The maximum absolute atomic E-state index is 13.1. The summed E-state index contributed by atoms with van der Waals surface area (Å²) in [5.74, 6) is -0.350. The van der Waals surface area contributed by atoms with Crippen LogP contribution in [0.5, 0.6) is 5.75 Å². The molecule has 2 heterocycles. The summed E-state index contributed by atoms with van der Waals surface area (Å²) in [6, 6.07) is 15.7. The lowest BCUT2D eigenvalue weighted by Gasteiger charge is -2.25. The fourth-order valence-corrected chi connectivity index (χ4v) is 5.60. The highest BCUT2D eigenvalue weighted by Gasteiger charge is 2.38. The molecule has 1 fully saturated rings. The van der Waals surface area contributed by atoms with E-state index in [9.17, 15) is 24.3 Å². The number of hydrogen-bond acceptors (Lipinski definition) is 7. The molecule has 1 saturated heterocycles. The Hall–Kier alpha value is -3.16. The van der Waals surface area contributed by atoms with Crippen LogP contribution in [0.2, 0.25) is 0 Å². The number of amides is 1. The van der Waals surface area contributed by atoms with Gasteiger partial charge in [0.05, 0.1) is 30.8 Å². The topological polar surface area (TPSA) is 136 Å². The van der Waals surface area contributed by atoms with Gasteiger partial charge in [0.2, 0.25) is 0 Å². The van der Waals surface area contributed by atoms with E-state index in [-0.39, 0.29) is 22.9 Å². The number of aliphatic hydroxyl groups excluding tert-OH is 1. The predicted octanol–water partition coefficient (Wildman–Crippen LogP) is 3.01. The number of benzene rings is 2. The maximum Gasteiger partial charge on any atom is 0.270 e. The lowest BCUT2D eigenvalue weighted by atomic mass is 9.95. The summed E-state index contributed by atoms with van der Waals surface area (Å²) in [7, 11) is -1.40. The SMILES string of the molecule is COc1ccc2c(C(=O)N[C@@H]3CS(O)(O)CC3O)nc(C#N)c(-c3ccccc3)c2c1. The standard InChI is InChI=1S/C22H21N3O5S/c1-30-14-7-8-15-16(9-14)20(13-5-3-2-4-6-13)17(10-23)24-21(15)22(27)25-18-11-31(28,29)12-19(18)26/h2-9,18-19,26,28-29H,11-12H2,1H3,(H,25,27)/t18-,19?/m1/s1. The van der Waals surface area contributed by atoms with Crippen molar-refractivity contribution in [2.75, 3.05) is 18.6 Å². The molecule has 1 aromatic heterocycles. The number of carbonyl (C=O) groups excluding carboxylic acids is 1. The zero-order chi connectivity index (χ0) is 22.2. The van der Waals surface area contributed by atoms with Crippen LogP contribution in [0.3, 0.4) is 0 Å². The molecule has 1 amide bonds. The molecular weight excluding hydrogens is 418 g/mol. The summed E-state index contributed by atoms with van der Waals surface area (Å²) in [5.41, 5.74) is 1.46. The normalized spacial score (nSPS) is 20.7. The quantitative estimate of drug-likeness (QED) is 0.491. The number of nitrogens with zero attached hydrogens (tertiary/aromatic N) is 2. The van der Waals surface area contributed by atoms with E-state index >= 15 is 0 Å². The van der Waals surface area contributed by atoms with Crippen LogP contribution in [0.1, 0.15) is 16.2 Å². The molecule has 0 saturated carbocycles. The van der Waals surface area contributed by atoms with Crippen LogP contribution in [0.25, 0.3) is 21.9 Å². The van der Waals surface area contributed by atoms with Gasteiger partial charge in [0.1, 0.15) is 23.2 Å². The van der Waals surface area contributed by atoms with Crippen molar-refractivity contribution >= 4 is 27.3 Å². The van der Waals surface area contributed by atoms with Gasteiger partial charge in [0, 0.05) is 10.9 Å². The van der Waals surface area contributed by atoms with Crippen molar-refractivity contribution in [3.8, 4) is 22.9 Å². The molecule has 4 N–H and O–H groups in total. The van der Waals surface area contributed by atoms with Gasteiger partial charge < -0.3 is 15.2 Å². The molecule has 9 heteroatoms. The van der Waals surface area contributed by atoms with E-state index < -0.39 is 28.6 Å². The molecule has 0 radical (unpaired) electrons. The third-order valence-corrected chi connectivity index (χ3v) is 7.03. The molecule has 0 spiro atoms. The Morgan fingerprint density at radius 1 is 1.19 bits per heavy atom. The van der Waals surface area contributed by atoms with Crippen molar-refractivity contribution in [1.82, 2.24) is 10.3 Å². The number of nitriles is 1. The first-order valence-corrected chi connectivity index (χ1v) is 11.4. The van der Waals surface area contributed by atoms with Gasteiger partial charge in [-0.25, -0.2) is 4.98 Å². The number of methoxy groups -OCH3 is 1. The number of ether oxygens (including phenoxy) is 1. The monoisotopic (exact) mass is 439 g/mol. The number of fused-ring (bicyclic) bond motifs is 1. The first-order chi connectivity index (χ1) is 14.8. The zero-order valence-electron chi connectivity index (χ0n) is 16.6. The van der Waals surface area contributed by atoms with E-state index in [0.717, 1.165) is 5.56 Å². The van der Waals surface area contributed by atoms with Crippen LogP contribution in [0, 0.1) is 11.3 Å². The second-order valence-electron chi connectivity index (χ2n) is 7.36. The van der Waals surface area contributed by atoms with Gasteiger partial charge in [-0.2, -0.15) is 15.9 Å². The molecule has 1 aliphatic heterocycles. The number of carbonyl (C=O) groups is 1. The Morgan fingerprint density at radius 3 is 2.55 bits per heavy atom. The fourth-order valence-electron chi connectivity index (χ4n) is 3.80. The van der Waals surface area contributed by atoms with E-state index in [1.807, 2.05) is 30.3 Å². The minimum absolute atomic E-state index is 0.0180. The van der Waals surface area contributed by atoms with Crippen LogP contribution in [-0.2, 0) is 0 Å². The molecule has 160 valence electrons. The maximum atomic E-state index is 13.1. The molecule has 2 aromatic carbocycles. The number of aromatic nitrogens is 1. The summed E-state index contributed by atoms with van der Waals surface area (Å²) < 4.78 is 25.0. The van der Waals surface area contributed by atoms with Crippen LogP contribution in [0.4, 0.5) is 0 Å². The van der Waals surface area contributed by atoms with Crippen molar-refractivity contribution in [2.45, 2.75) is 12.1 Å². The van der Waals surface area contributed by atoms with Gasteiger partial charge in [-0.1, -0.05) is 30.3 Å². The Bertz CT molecular complexity index is 1190. The number of pyridine rings is 1. The molecule has 0 bridgehead atoms. The van der Waals surface area contributed by atoms with Crippen LogP contribution >= 0.6 is 10.6 Å². The van der Waals surface area contributed by atoms with Crippen molar-refractivity contribution in [3.05, 3.63) is 59.9 Å². The highest BCUT2D eigenvalue weighted by molar-refractivity contribution is 8.24. The second kappa shape index (κ2) is 8.17. The smallest absolute Gasteiger partial charge is 0.270 e. The number of nitrogens with one attached hydrogen (secondary N) is 1. The molecule has 2 atom stereocenters. The van der Waals surface area contributed by atoms with Crippen molar-refractivity contribution in [1.29, 1.82) is 5.26 Å². The molecule has 31 heavy (non-hydrogen) atoms. The molecule has 1 aliphatic rings. The van der Waals surface area contributed by atoms with Crippen LogP contribution in [-0.4, -0.2) is 55.9 Å². The lowest BCUT2D eigenvalue weighted by molar-refractivity contribution is 0.0885. The average Bonchev–Trinajstić information content (AvgIpc) is 3.03. The Labute approximate surface area is 180 Å². The summed E-state index contributed by atoms with van der Waals surface area (Å²) in [6.07, 6.45) is -1.07. The zero-order valence-corrected chi connectivity index (χ0v) is 17.5. The molecule has 1 unspecified atom stereocenters. The third-order valence-electron chi connectivity index (χ3n) is 5.26. The van der Waals surface area contributed by atoms with Gasteiger partial charge in [0.25, 0.3) is 5.91 Å². The number of rotatable bonds is 4. The van der Waals surface area contributed by atoms with E-state index in [0.29, 0.717) is 22.1 Å². The first kappa shape index (κ1) is 21.1. The Kier molecular flexibility index (Phi) is 5.56. The average molecular weight is 439 g/mol. The third kappa shape index (κ3) is 4.06. The minimum atomic E-state index is -2.93.